The van der Waals surface area contributed by atoms with Crippen LogP contribution in [0.5, 0.6) is 0 Å². The molecule has 0 bridgehead atoms. The molecule has 9 heavy (non-hydrogen) atoms. The van der Waals surface area contributed by atoms with Crippen LogP contribution in [0, 0.1) is 0 Å². The minimum absolute atomic E-state index is 0.312. The van der Waals surface area contributed by atoms with Crippen LogP contribution in [-0.4, -0.2) is 11.1 Å². The number of thiol groups is 1. The van der Waals surface area contributed by atoms with E-state index in [9.17, 15) is 4.79 Å². The maximum absolute atomic E-state index is 10.2. The summed E-state index contributed by atoms with van der Waals surface area (Å²) in [5.41, 5.74) is 0. The highest BCUT2D eigenvalue weighted by molar-refractivity contribution is 8.42. The first-order valence-corrected chi connectivity index (χ1v) is 4.60. The normalized spacial score (nSPS) is 28.1. The van der Waals surface area contributed by atoms with Gasteiger partial charge in [-0.3, -0.25) is 0 Å². The highest BCUT2D eigenvalue weighted by Crippen LogP contribution is 2.44. The number of carbonyl (C=O) groups is 1. The molecule has 50 valence electrons. The van der Waals surface area contributed by atoms with E-state index >= 15 is 0 Å². The highest BCUT2D eigenvalue weighted by atomic mass is 35.7. The Morgan fingerprint density at radius 1 is 1.78 bits per heavy atom. The second kappa shape index (κ2) is 2.45. The fraction of sp³-hybridized carbons (Fsp3) is 0. The van der Waals surface area contributed by atoms with Crippen LogP contribution in [0.3, 0.4) is 0 Å². The quantitative estimate of drug-likeness (QED) is 0.579. The molecule has 1 aliphatic rings. The van der Waals surface area contributed by atoms with Gasteiger partial charge in [0.05, 0.1) is 4.91 Å². The van der Waals surface area contributed by atoms with Gasteiger partial charge in [0.1, 0.15) is 0 Å². The molecule has 1 heterocycles. The van der Waals surface area contributed by atoms with Gasteiger partial charge in [-0.15, -0.1) is 10.1 Å². The molecule has 0 fully saturated rings. The van der Waals surface area contributed by atoms with E-state index in [0.717, 1.165) is 0 Å². The number of hydrogen-bond donors (Lipinski definition) is 2. The summed E-state index contributed by atoms with van der Waals surface area (Å²) in [6, 6.07) is 0. The van der Waals surface area contributed by atoms with Gasteiger partial charge < -0.3 is 5.11 Å². The molecule has 1 rings (SSSR count). The third-order valence-electron chi connectivity index (χ3n) is 0.920. The summed E-state index contributed by atoms with van der Waals surface area (Å²) in [5.74, 6) is -0.916. The van der Waals surface area contributed by atoms with Gasteiger partial charge in [0, 0.05) is 0 Å². The Labute approximate surface area is 59.7 Å². The van der Waals surface area contributed by atoms with Gasteiger partial charge in [0.15, 0.2) is 0 Å². The molecule has 1 aliphatic heterocycles. The smallest absolute Gasteiger partial charge is 0.341 e. The monoisotopic (exact) mass is 164 g/mol. The molecule has 1 unspecified atom stereocenters. The van der Waals surface area contributed by atoms with Gasteiger partial charge >= 0.3 is 5.97 Å². The second-order valence-electron chi connectivity index (χ2n) is 1.51. The maximum atomic E-state index is 10.2. The van der Waals surface area contributed by atoms with Gasteiger partial charge in [0.2, 0.25) is 0 Å². The van der Waals surface area contributed by atoms with Gasteiger partial charge in [0.25, 0.3) is 0 Å². The van der Waals surface area contributed by atoms with Crippen LogP contribution in [0.4, 0.5) is 0 Å². The third-order valence-corrected chi connectivity index (χ3v) is 3.04. The van der Waals surface area contributed by atoms with Crippen LogP contribution >= 0.6 is 20.8 Å². The van der Waals surface area contributed by atoms with Crippen LogP contribution < -0.4 is 0 Å². The molecule has 0 saturated carbocycles. The summed E-state index contributed by atoms with van der Waals surface area (Å²) < 4.78 is 0. The van der Waals surface area contributed by atoms with E-state index in [1.807, 2.05) is 0 Å². The summed E-state index contributed by atoms with van der Waals surface area (Å²) in [6.45, 7) is 0. The van der Waals surface area contributed by atoms with Crippen molar-refractivity contribution in [2.75, 3.05) is 0 Å². The molecular weight excluding hydrogens is 160 g/mol. The standard InChI is InChI=1S/C5H5ClO2S/c6-9-3-1-2-4(9)5(7)8/h1-3,9H,(H,7,8). The van der Waals surface area contributed by atoms with Crippen LogP contribution in [-0.2, 0) is 4.79 Å². The zero-order chi connectivity index (χ0) is 6.85. The van der Waals surface area contributed by atoms with Crippen molar-refractivity contribution < 1.29 is 9.90 Å². The van der Waals surface area contributed by atoms with Crippen molar-refractivity contribution in [2.24, 2.45) is 0 Å². The molecular formula is C5H5ClO2S. The van der Waals surface area contributed by atoms with Crippen LogP contribution in [0.1, 0.15) is 0 Å². The van der Waals surface area contributed by atoms with E-state index in [0.29, 0.717) is 4.91 Å². The Morgan fingerprint density at radius 2 is 2.44 bits per heavy atom. The van der Waals surface area contributed by atoms with Crippen molar-refractivity contribution in [3.05, 3.63) is 22.5 Å². The molecule has 0 saturated heterocycles. The van der Waals surface area contributed by atoms with Crippen LogP contribution in [0.25, 0.3) is 0 Å². The van der Waals surface area contributed by atoms with Gasteiger partial charge in [-0.1, -0.05) is 16.8 Å². The van der Waals surface area contributed by atoms with Crippen molar-refractivity contribution >= 4 is 26.8 Å². The molecule has 1 N–H and O–H groups in total. The first-order chi connectivity index (χ1) is 4.22. The van der Waals surface area contributed by atoms with E-state index in [1.165, 1.54) is 6.08 Å². The molecule has 4 heteroatoms. The molecule has 0 aromatic carbocycles. The summed E-state index contributed by atoms with van der Waals surface area (Å²) in [5, 5.41) is 10.1. The van der Waals surface area contributed by atoms with Crippen LogP contribution in [0.2, 0.25) is 0 Å². The molecule has 1 atom stereocenters. The number of allylic oxidation sites excluding steroid dienone is 2. The maximum Gasteiger partial charge on any atom is 0.341 e. The zero-order valence-corrected chi connectivity index (χ0v) is 6.06. The predicted octanol–water partition coefficient (Wildman–Crippen LogP) is 1.64. The first kappa shape index (κ1) is 6.71. The molecule has 0 spiro atoms. The van der Waals surface area contributed by atoms with Gasteiger partial charge in [-0.2, -0.15) is 0 Å². The Hall–Kier alpha value is -0.410. The summed E-state index contributed by atoms with van der Waals surface area (Å²) in [7, 11) is 4.59. The third kappa shape index (κ3) is 1.28. The molecule has 2 nitrogen and oxygen atoms in total. The van der Waals surface area contributed by atoms with Gasteiger partial charge in [-0.05, 0) is 11.5 Å². The lowest BCUT2D eigenvalue weighted by Crippen LogP contribution is -1.95. The average molecular weight is 165 g/mol. The lowest BCUT2D eigenvalue weighted by Gasteiger charge is -2.01. The van der Waals surface area contributed by atoms with Crippen molar-refractivity contribution in [1.29, 1.82) is 0 Å². The molecule has 0 aliphatic carbocycles. The predicted molar refractivity (Wildman–Crippen MR) is 39.7 cm³/mol. The Morgan fingerprint density at radius 3 is 2.67 bits per heavy atom. The topological polar surface area (TPSA) is 37.3 Å². The summed E-state index contributed by atoms with van der Waals surface area (Å²) >= 11 is 0. The molecule has 0 radical (unpaired) electrons. The van der Waals surface area contributed by atoms with E-state index in [2.05, 4.69) is 0 Å². The number of carboxylic acids is 1. The van der Waals surface area contributed by atoms with Gasteiger partial charge in [-0.25, -0.2) is 4.79 Å². The Kier molecular flexibility index (Phi) is 1.83. The SMILES string of the molecule is O=C(O)C1=CC=C[SH]1Cl. The average Bonchev–Trinajstić information content (AvgIpc) is 2.13. The Bertz CT molecular complexity index is 197. The second-order valence-corrected chi connectivity index (χ2v) is 4.00. The number of rotatable bonds is 1. The number of aliphatic carboxylic acids is 1. The largest absolute Gasteiger partial charge is 0.477 e. The van der Waals surface area contributed by atoms with E-state index in [4.69, 9.17) is 15.8 Å². The van der Waals surface area contributed by atoms with E-state index in [1.54, 1.807) is 11.5 Å². The molecule has 0 aromatic rings. The summed E-state index contributed by atoms with van der Waals surface area (Å²) in [4.78, 5) is 10.5. The first-order valence-electron chi connectivity index (χ1n) is 2.28. The number of carboxylic acid groups (broad SMARTS) is 1. The summed E-state index contributed by atoms with van der Waals surface area (Å²) in [6.07, 6.45) is 3.20. The van der Waals surface area contributed by atoms with Crippen LogP contribution in [0.15, 0.2) is 22.5 Å². The molecule has 0 aromatic heterocycles. The van der Waals surface area contributed by atoms with Crippen molar-refractivity contribution in [2.45, 2.75) is 0 Å². The fourth-order valence-corrected chi connectivity index (χ4v) is 1.91. The number of halogens is 1. The Balaban J connectivity index is 2.76. The minimum atomic E-state index is -1.01. The van der Waals surface area contributed by atoms with Crippen molar-refractivity contribution in [1.82, 2.24) is 0 Å². The minimum Gasteiger partial charge on any atom is -0.477 e. The zero-order valence-electron chi connectivity index (χ0n) is 4.41. The highest BCUT2D eigenvalue weighted by Gasteiger charge is 2.14. The fourth-order valence-electron chi connectivity index (χ4n) is 0.524. The van der Waals surface area contributed by atoms with E-state index < -0.39 is 16.1 Å². The van der Waals surface area contributed by atoms with Crippen molar-refractivity contribution in [3.63, 3.8) is 0 Å². The lowest BCUT2D eigenvalue weighted by molar-refractivity contribution is -0.131. The van der Waals surface area contributed by atoms with Crippen molar-refractivity contribution in [3.8, 4) is 0 Å². The number of hydrogen-bond acceptors (Lipinski definition) is 1. The van der Waals surface area contributed by atoms with E-state index in [-0.39, 0.29) is 0 Å². The molecule has 0 amide bonds. The lowest BCUT2D eigenvalue weighted by atomic mass is 10.5.